The first-order valence-corrected chi connectivity index (χ1v) is 7.53. The second-order valence-corrected chi connectivity index (χ2v) is 5.36. The van der Waals surface area contributed by atoms with Crippen LogP contribution in [0.15, 0.2) is 36.5 Å². The number of fused-ring (bicyclic) bond motifs is 1. The van der Waals surface area contributed by atoms with Gasteiger partial charge in [0.05, 0.1) is 0 Å². The van der Waals surface area contributed by atoms with Crippen LogP contribution in [0.4, 0.5) is 0 Å². The molecule has 1 aromatic heterocycles. The minimum absolute atomic E-state index is 0.434. The van der Waals surface area contributed by atoms with Crippen molar-refractivity contribution in [2.24, 2.45) is 0 Å². The van der Waals surface area contributed by atoms with Crippen LogP contribution in [0.25, 0.3) is 11.4 Å². The van der Waals surface area contributed by atoms with E-state index in [-0.39, 0.29) is 0 Å². The molecule has 1 N–H and O–H groups in total. The summed E-state index contributed by atoms with van der Waals surface area (Å²) < 4.78 is 0. The van der Waals surface area contributed by atoms with E-state index in [4.69, 9.17) is 4.98 Å². The van der Waals surface area contributed by atoms with Crippen LogP contribution < -0.4 is 5.32 Å². The van der Waals surface area contributed by atoms with E-state index in [1.54, 1.807) is 0 Å². The van der Waals surface area contributed by atoms with Crippen molar-refractivity contribution in [1.82, 2.24) is 15.3 Å². The minimum atomic E-state index is 0.434. The highest BCUT2D eigenvalue weighted by atomic mass is 14.9. The minimum Gasteiger partial charge on any atom is -0.310 e. The fourth-order valence-corrected chi connectivity index (χ4v) is 2.80. The van der Waals surface area contributed by atoms with Crippen molar-refractivity contribution in [3.8, 4) is 11.4 Å². The Morgan fingerprint density at radius 2 is 2.10 bits per heavy atom. The molecule has 1 aromatic carbocycles. The van der Waals surface area contributed by atoms with Crippen molar-refractivity contribution in [2.75, 3.05) is 6.54 Å². The van der Waals surface area contributed by atoms with Crippen LogP contribution in [0.1, 0.15) is 43.5 Å². The highest BCUT2D eigenvalue weighted by molar-refractivity contribution is 5.54. The van der Waals surface area contributed by atoms with Gasteiger partial charge in [0.15, 0.2) is 5.82 Å². The summed E-state index contributed by atoms with van der Waals surface area (Å²) in [6.45, 7) is 3.26. The van der Waals surface area contributed by atoms with E-state index in [2.05, 4.69) is 29.4 Å². The van der Waals surface area contributed by atoms with Gasteiger partial charge in [0.25, 0.3) is 0 Å². The van der Waals surface area contributed by atoms with Gasteiger partial charge in [0.1, 0.15) is 0 Å². The van der Waals surface area contributed by atoms with E-state index < -0.39 is 0 Å². The van der Waals surface area contributed by atoms with Gasteiger partial charge in [-0.05, 0) is 32.2 Å². The number of aryl methyl sites for hydroxylation is 1. The molecule has 2 aromatic rings. The zero-order valence-electron chi connectivity index (χ0n) is 12.0. The number of nitrogens with one attached hydrogen (secondary N) is 1. The Morgan fingerprint density at radius 3 is 2.90 bits per heavy atom. The van der Waals surface area contributed by atoms with E-state index >= 15 is 0 Å². The van der Waals surface area contributed by atoms with Crippen LogP contribution in [0.5, 0.6) is 0 Å². The maximum absolute atomic E-state index is 4.79. The van der Waals surface area contributed by atoms with Gasteiger partial charge in [0.2, 0.25) is 0 Å². The summed E-state index contributed by atoms with van der Waals surface area (Å²) in [5, 5.41) is 3.61. The Bertz CT molecular complexity index is 566. The highest BCUT2D eigenvalue weighted by Gasteiger charge is 2.21. The van der Waals surface area contributed by atoms with Gasteiger partial charge in [-0.1, -0.05) is 37.3 Å². The molecule has 104 valence electrons. The number of hydrogen-bond donors (Lipinski definition) is 1. The SMILES string of the molecule is CCCNC1CCCc2nc(-c3ccccc3)ncc21. The van der Waals surface area contributed by atoms with Gasteiger partial charge in [0, 0.05) is 29.1 Å². The Kier molecular flexibility index (Phi) is 4.07. The largest absolute Gasteiger partial charge is 0.310 e. The fraction of sp³-hybridized carbons (Fsp3) is 0.412. The molecule has 0 bridgehead atoms. The number of aromatic nitrogens is 2. The first-order valence-electron chi connectivity index (χ1n) is 7.53. The van der Waals surface area contributed by atoms with E-state index in [9.17, 15) is 0 Å². The normalized spacial score (nSPS) is 17.8. The average Bonchev–Trinajstić information content (AvgIpc) is 2.53. The van der Waals surface area contributed by atoms with Gasteiger partial charge in [-0.3, -0.25) is 0 Å². The maximum atomic E-state index is 4.79. The monoisotopic (exact) mass is 267 g/mol. The summed E-state index contributed by atoms with van der Waals surface area (Å²) >= 11 is 0. The van der Waals surface area contributed by atoms with Gasteiger partial charge in [-0.15, -0.1) is 0 Å². The van der Waals surface area contributed by atoms with Crippen molar-refractivity contribution >= 4 is 0 Å². The van der Waals surface area contributed by atoms with Crippen LogP contribution >= 0.6 is 0 Å². The summed E-state index contributed by atoms with van der Waals surface area (Å²) in [7, 11) is 0. The Labute approximate surface area is 120 Å². The van der Waals surface area contributed by atoms with Crippen molar-refractivity contribution in [3.63, 3.8) is 0 Å². The Hall–Kier alpha value is -1.74. The molecule has 1 aliphatic rings. The molecule has 1 aliphatic carbocycles. The molecule has 0 saturated carbocycles. The molecule has 0 spiro atoms. The van der Waals surface area contributed by atoms with E-state index in [0.29, 0.717) is 6.04 Å². The third kappa shape index (κ3) is 2.73. The average molecular weight is 267 g/mol. The van der Waals surface area contributed by atoms with Crippen molar-refractivity contribution < 1.29 is 0 Å². The lowest BCUT2D eigenvalue weighted by atomic mass is 9.92. The summed E-state index contributed by atoms with van der Waals surface area (Å²) in [4.78, 5) is 9.36. The molecule has 0 amide bonds. The van der Waals surface area contributed by atoms with Gasteiger partial charge in [-0.25, -0.2) is 9.97 Å². The summed E-state index contributed by atoms with van der Waals surface area (Å²) in [6, 6.07) is 10.7. The van der Waals surface area contributed by atoms with Crippen LogP contribution in [-0.4, -0.2) is 16.5 Å². The molecule has 0 radical (unpaired) electrons. The maximum Gasteiger partial charge on any atom is 0.159 e. The molecule has 20 heavy (non-hydrogen) atoms. The topological polar surface area (TPSA) is 37.8 Å². The van der Waals surface area contributed by atoms with E-state index in [1.165, 1.54) is 24.1 Å². The number of benzene rings is 1. The smallest absolute Gasteiger partial charge is 0.159 e. The Balaban J connectivity index is 1.89. The summed E-state index contributed by atoms with van der Waals surface area (Å²) in [6.07, 6.45) is 6.66. The predicted octanol–water partition coefficient (Wildman–Crippen LogP) is 3.52. The van der Waals surface area contributed by atoms with Crippen LogP contribution in [0.2, 0.25) is 0 Å². The molecule has 1 heterocycles. The van der Waals surface area contributed by atoms with Gasteiger partial charge in [-0.2, -0.15) is 0 Å². The quantitative estimate of drug-likeness (QED) is 0.921. The second kappa shape index (κ2) is 6.14. The first kappa shape index (κ1) is 13.3. The predicted molar refractivity (Wildman–Crippen MR) is 81.4 cm³/mol. The van der Waals surface area contributed by atoms with Gasteiger partial charge < -0.3 is 5.32 Å². The third-order valence-corrected chi connectivity index (χ3v) is 3.85. The molecule has 0 fully saturated rings. The molecule has 0 aliphatic heterocycles. The number of hydrogen-bond acceptors (Lipinski definition) is 3. The molecule has 1 atom stereocenters. The third-order valence-electron chi connectivity index (χ3n) is 3.85. The van der Waals surface area contributed by atoms with Crippen LogP contribution in [0.3, 0.4) is 0 Å². The van der Waals surface area contributed by atoms with Crippen molar-refractivity contribution in [3.05, 3.63) is 47.8 Å². The standard InChI is InChI=1S/C17H21N3/c1-2-11-18-15-9-6-10-16-14(15)12-19-17(20-16)13-7-4-3-5-8-13/h3-5,7-8,12,15,18H,2,6,9-11H2,1H3. The van der Waals surface area contributed by atoms with E-state index in [0.717, 1.165) is 30.8 Å². The lowest BCUT2D eigenvalue weighted by Crippen LogP contribution is -2.26. The lowest BCUT2D eigenvalue weighted by molar-refractivity contribution is 0.454. The first-order chi connectivity index (χ1) is 9.88. The molecule has 1 unspecified atom stereocenters. The van der Waals surface area contributed by atoms with Crippen LogP contribution in [0, 0.1) is 0 Å². The molecular formula is C17H21N3. The van der Waals surface area contributed by atoms with Gasteiger partial charge >= 0.3 is 0 Å². The lowest BCUT2D eigenvalue weighted by Gasteiger charge is -2.25. The van der Waals surface area contributed by atoms with Crippen LogP contribution in [-0.2, 0) is 6.42 Å². The number of rotatable bonds is 4. The number of nitrogens with zero attached hydrogens (tertiary/aromatic N) is 2. The molecule has 3 rings (SSSR count). The molecule has 3 heteroatoms. The fourth-order valence-electron chi connectivity index (χ4n) is 2.80. The zero-order valence-corrected chi connectivity index (χ0v) is 12.0. The molecular weight excluding hydrogens is 246 g/mol. The second-order valence-electron chi connectivity index (χ2n) is 5.36. The van der Waals surface area contributed by atoms with E-state index in [1.807, 2.05) is 24.4 Å². The Morgan fingerprint density at radius 1 is 1.25 bits per heavy atom. The van der Waals surface area contributed by atoms with Crippen molar-refractivity contribution in [1.29, 1.82) is 0 Å². The zero-order chi connectivity index (χ0) is 13.8. The highest BCUT2D eigenvalue weighted by Crippen LogP contribution is 2.29. The summed E-state index contributed by atoms with van der Waals surface area (Å²) in [5.74, 6) is 0.848. The molecule has 0 saturated heterocycles. The van der Waals surface area contributed by atoms with Crippen molar-refractivity contribution in [2.45, 2.75) is 38.6 Å². The summed E-state index contributed by atoms with van der Waals surface area (Å²) in [5.41, 5.74) is 3.61. The molecule has 3 nitrogen and oxygen atoms in total.